The second-order valence-corrected chi connectivity index (χ2v) is 4.09. The van der Waals surface area contributed by atoms with Gasteiger partial charge in [0.2, 0.25) is 0 Å². The van der Waals surface area contributed by atoms with E-state index in [1.807, 2.05) is 24.3 Å². The van der Waals surface area contributed by atoms with Crippen LogP contribution < -0.4 is 5.73 Å². The third kappa shape index (κ3) is 1.61. The fourth-order valence-corrected chi connectivity index (χ4v) is 2.05. The summed E-state index contributed by atoms with van der Waals surface area (Å²) in [5.41, 5.74) is 7.01. The number of nitrogens with zero attached hydrogens (tertiary/aromatic N) is 2. The molecule has 18 heavy (non-hydrogen) atoms. The minimum absolute atomic E-state index is 0.371. The van der Waals surface area contributed by atoms with E-state index in [1.54, 1.807) is 12.4 Å². The molecular formula is C13H12N4O. The van der Waals surface area contributed by atoms with Gasteiger partial charge in [-0.15, -0.1) is 0 Å². The molecule has 1 atom stereocenters. The SMILES string of the molecule is Nc1[nH]ncc1C(O)c1cncc2ccccc12. The molecule has 4 N–H and O–H groups in total. The largest absolute Gasteiger partial charge is 0.384 e. The third-order valence-electron chi connectivity index (χ3n) is 2.99. The molecule has 0 saturated heterocycles. The Balaban J connectivity index is 2.18. The molecule has 0 fully saturated rings. The van der Waals surface area contributed by atoms with E-state index in [0.29, 0.717) is 11.4 Å². The first kappa shape index (κ1) is 10.7. The van der Waals surface area contributed by atoms with Crippen molar-refractivity contribution in [1.82, 2.24) is 15.2 Å². The molecule has 0 spiro atoms. The van der Waals surface area contributed by atoms with Crippen molar-refractivity contribution in [2.75, 3.05) is 5.73 Å². The fraction of sp³-hybridized carbons (Fsp3) is 0.0769. The van der Waals surface area contributed by atoms with Gasteiger partial charge in [-0.25, -0.2) is 0 Å². The smallest absolute Gasteiger partial charge is 0.125 e. The molecule has 3 rings (SSSR count). The maximum Gasteiger partial charge on any atom is 0.125 e. The van der Waals surface area contributed by atoms with Gasteiger partial charge in [0.15, 0.2) is 0 Å². The Morgan fingerprint density at radius 2 is 1.94 bits per heavy atom. The van der Waals surface area contributed by atoms with Crippen molar-refractivity contribution in [3.63, 3.8) is 0 Å². The van der Waals surface area contributed by atoms with E-state index in [9.17, 15) is 5.11 Å². The lowest BCUT2D eigenvalue weighted by molar-refractivity contribution is 0.222. The zero-order valence-electron chi connectivity index (χ0n) is 9.54. The molecule has 0 aliphatic carbocycles. The topological polar surface area (TPSA) is 87.8 Å². The molecule has 90 valence electrons. The molecule has 1 aromatic carbocycles. The number of hydrogen-bond donors (Lipinski definition) is 3. The zero-order chi connectivity index (χ0) is 12.5. The van der Waals surface area contributed by atoms with E-state index in [1.165, 1.54) is 6.20 Å². The number of nitrogens with one attached hydrogen (secondary N) is 1. The summed E-state index contributed by atoms with van der Waals surface area (Å²) in [6.07, 6.45) is 4.12. The molecule has 2 heterocycles. The van der Waals surface area contributed by atoms with Gasteiger partial charge in [0, 0.05) is 28.9 Å². The number of aliphatic hydroxyl groups excluding tert-OH is 1. The van der Waals surface area contributed by atoms with Gasteiger partial charge in [0.1, 0.15) is 11.9 Å². The van der Waals surface area contributed by atoms with Crippen molar-refractivity contribution in [2.24, 2.45) is 0 Å². The number of fused-ring (bicyclic) bond motifs is 1. The maximum absolute atomic E-state index is 10.4. The Hall–Kier alpha value is -2.40. The van der Waals surface area contributed by atoms with Crippen LogP contribution >= 0.6 is 0 Å². The minimum Gasteiger partial charge on any atom is -0.384 e. The predicted octanol–water partition coefficient (Wildman–Crippen LogP) is 1.62. The van der Waals surface area contributed by atoms with E-state index in [2.05, 4.69) is 15.2 Å². The lowest BCUT2D eigenvalue weighted by atomic mass is 10.00. The fourth-order valence-electron chi connectivity index (χ4n) is 2.05. The van der Waals surface area contributed by atoms with E-state index >= 15 is 0 Å². The highest BCUT2D eigenvalue weighted by Gasteiger charge is 2.17. The Labute approximate surface area is 103 Å². The molecule has 2 aromatic heterocycles. The Morgan fingerprint density at radius 1 is 1.11 bits per heavy atom. The number of nitrogen functional groups attached to an aromatic ring is 1. The number of hydrogen-bond acceptors (Lipinski definition) is 4. The van der Waals surface area contributed by atoms with Crippen molar-refractivity contribution in [2.45, 2.75) is 6.10 Å². The van der Waals surface area contributed by atoms with Crippen molar-refractivity contribution in [3.05, 3.63) is 54.0 Å². The molecule has 0 aliphatic heterocycles. The number of aromatic amines is 1. The van der Waals surface area contributed by atoms with Crippen LogP contribution in [0.5, 0.6) is 0 Å². The van der Waals surface area contributed by atoms with E-state index in [-0.39, 0.29) is 0 Å². The first-order valence-electron chi connectivity index (χ1n) is 5.57. The van der Waals surface area contributed by atoms with Crippen molar-refractivity contribution < 1.29 is 5.11 Å². The normalized spacial score (nSPS) is 12.7. The van der Waals surface area contributed by atoms with E-state index in [4.69, 9.17) is 5.73 Å². The summed E-state index contributed by atoms with van der Waals surface area (Å²) in [6, 6.07) is 7.77. The molecule has 0 aliphatic rings. The molecule has 0 saturated carbocycles. The summed E-state index contributed by atoms with van der Waals surface area (Å²) < 4.78 is 0. The first-order valence-corrected chi connectivity index (χ1v) is 5.57. The minimum atomic E-state index is -0.831. The molecule has 1 unspecified atom stereocenters. The number of pyridine rings is 1. The standard InChI is InChI=1S/C13H12N4O/c14-13-11(7-16-17-13)12(18)10-6-15-5-8-3-1-2-4-9(8)10/h1-7,12,18H,(H3,14,16,17). The predicted molar refractivity (Wildman–Crippen MR) is 68.8 cm³/mol. The highest BCUT2D eigenvalue weighted by Crippen LogP contribution is 2.29. The van der Waals surface area contributed by atoms with Gasteiger partial charge >= 0.3 is 0 Å². The molecular weight excluding hydrogens is 228 g/mol. The van der Waals surface area contributed by atoms with Crippen LogP contribution in [0.2, 0.25) is 0 Å². The second kappa shape index (κ2) is 4.12. The monoisotopic (exact) mass is 240 g/mol. The quantitative estimate of drug-likeness (QED) is 0.635. The van der Waals surface area contributed by atoms with Gasteiger partial charge in [-0.05, 0) is 5.39 Å². The van der Waals surface area contributed by atoms with Crippen LogP contribution in [0.15, 0.2) is 42.9 Å². The summed E-state index contributed by atoms with van der Waals surface area (Å²) in [4.78, 5) is 4.14. The van der Waals surface area contributed by atoms with Crippen LogP contribution in [0, 0.1) is 0 Å². The van der Waals surface area contributed by atoms with Gasteiger partial charge in [0.05, 0.1) is 6.20 Å². The van der Waals surface area contributed by atoms with Gasteiger partial charge < -0.3 is 10.8 Å². The second-order valence-electron chi connectivity index (χ2n) is 4.09. The Bertz CT molecular complexity index is 687. The summed E-state index contributed by atoms with van der Waals surface area (Å²) in [5.74, 6) is 0.371. The van der Waals surface area contributed by atoms with Crippen LogP contribution in [-0.4, -0.2) is 20.3 Å². The van der Waals surface area contributed by atoms with Gasteiger partial charge in [-0.3, -0.25) is 10.1 Å². The number of nitrogens with two attached hydrogens (primary N) is 1. The number of anilines is 1. The summed E-state index contributed by atoms with van der Waals surface area (Å²) in [6.45, 7) is 0. The Morgan fingerprint density at radius 3 is 2.72 bits per heavy atom. The molecule has 0 bridgehead atoms. The van der Waals surface area contributed by atoms with Crippen LogP contribution in [0.25, 0.3) is 10.8 Å². The number of H-pyrrole nitrogens is 1. The average Bonchev–Trinajstić information content (AvgIpc) is 2.83. The van der Waals surface area contributed by atoms with E-state index < -0.39 is 6.10 Å². The van der Waals surface area contributed by atoms with Crippen LogP contribution in [0.3, 0.4) is 0 Å². The number of aliphatic hydroxyl groups is 1. The van der Waals surface area contributed by atoms with Gasteiger partial charge in [-0.2, -0.15) is 5.10 Å². The lowest BCUT2D eigenvalue weighted by Crippen LogP contribution is -2.03. The number of aromatic nitrogens is 3. The van der Waals surface area contributed by atoms with E-state index in [0.717, 1.165) is 16.3 Å². The molecule has 5 heteroatoms. The Kier molecular flexibility index (Phi) is 2.46. The zero-order valence-corrected chi connectivity index (χ0v) is 9.54. The summed E-state index contributed by atoms with van der Waals surface area (Å²) >= 11 is 0. The highest BCUT2D eigenvalue weighted by molar-refractivity contribution is 5.85. The van der Waals surface area contributed by atoms with Gasteiger partial charge in [-0.1, -0.05) is 24.3 Å². The summed E-state index contributed by atoms with van der Waals surface area (Å²) in [5, 5.41) is 18.8. The molecule has 5 nitrogen and oxygen atoms in total. The van der Waals surface area contributed by atoms with Crippen molar-refractivity contribution in [3.8, 4) is 0 Å². The molecule has 3 aromatic rings. The molecule has 0 amide bonds. The van der Waals surface area contributed by atoms with Crippen LogP contribution in [0.1, 0.15) is 17.2 Å². The maximum atomic E-state index is 10.4. The summed E-state index contributed by atoms with van der Waals surface area (Å²) in [7, 11) is 0. The van der Waals surface area contributed by atoms with Crippen LogP contribution in [0.4, 0.5) is 5.82 Å². The van der Waals surface area contributed by atoms with Gasteiger partial charge in [0.25, 0.3) is 0 Å². The average molecular weight is 240 g/mol. The molecule has 0 radical (unpaired) electrons. The van der Waals surface area contributed by atoms with Crippen LogP contribution in [-0.2, 0) is 0 Å². The third-order valence-corrected chi connectivity index (χ3v) is 2.99. The first-order chi connectivity index (χ1) is 8.77. The number of benzene rings is 1. The van der Waals surface area contributed by atoms with Crippen molar-refractivity contribution in [1.29, 1.82) is 0 Å². The lowest BCUT2D eigenvalue weighted by Gasteiger charge is -2.12. The van der Waals surface area contributed by atoms with Crippen molar-refractivity contribution >= 4 is 16.6 Å². The highest BCUT2D eigenvalue weighted by atomic mass is 16.3. The number of rotatable bonds is 2.